The van der Waals surface area contributed by atoms with Crippen molar-refractivity contribution in [2.24, 2.45) is 5.92 Å². The van der Waals surface area contributed by atoms with Gasteiger partial charge in [0.25, 0.3) is 0 Å². The van der Waals surface area contributed by atoms with Gasteiger partial charge in [0.15, 0.2) is 0 Å². The molecule has 4 nitrogen and oxygen atoms in total. The summed E-state index contributed by atoms with van der Waals surface area (Å²) in [6, 6.07) is 0.620. The Labute approximate surface area is 90.0 Å². The number of hydrogen-bond donors (Lipinski definition) is 1. The van der Waals surface area contributed by atoms with Gasteiger partial charge in [0.1, 0.15) is 0 Å². The molecular weight excluding hydrogens is 188 g/mol. The fourth-order valence-corrected chi connectivity index (χ4v) is 2.85. The zero-order chi connectivity index (χ0) is 10.3. The summed E-state index contributed by atoms with van der Waals surface area (Å²) in [5.41, 5.74) is 2.55. The van der Waals surface area contributed by atoms with Crippen LogP contribution >= 0.6 is 0 Å². The Balaban J connectivity index is 1.88. The molecule has 3 rings (SSSR count). The van der Waals surface area contributed by atoms with Crippen LogP contribution < -0.4 is 5.32 Å². The maximum atomic E-state index is 4.34. The summed E-state index contributed by atoms with van der Waals surface area (Å²) in [5.74, 6) is 0.858. The summed E-state index contributed by atoms with van der Waals surface area (Å²) in [6.45, 7) is 4.31. The number of rotatable bonds is 1. The van der Waals surface area contributed by atoms with Crippen molar-refractivity contribution in [3.8, 4) is 0 Å². The molecule has 2 heterocycles. The van der Waals surface area contributed by atoms with E-state index in [1.165, 1.54) is 30.7 Å². The van der Waals surface area contributed by atoms with Gasteiger partial charge in [-0.25, -0.2) is 4.68 Å². The second-order valence-electron chi connectivity index (χ2n) is 4.93. The second-order valence-corrected chi connectivity index (χ2v) is 4.93. The topological polar surface area (TPSA) is 42.7 Å². The lowest BCUT2D eigenvalue weighted by Gasteiger charge is -2.17. The van der Waals surface area contributed by atoms with Crippen LogP contribution in [0.1, 0.15) is 43.6 Å². The van der Waals surface area contributed by atoms with Gasteiger partial charge in [0.05, 0.1) is 17.4 Å². The molecule has 15 heavy (non-hydrogen) atoms. The van der Waals surface area contributed by atoms with Crippen LogP contribution in [0.2, 0.25) is 0 Å². The van der Waals surface area contributed by atoms with E-state index in [0.717, 1.165) is 25.4 Å². The summed E-state index contributed by atoms with van der Waals surface area (Å²) in [5, 5.41) is 12.0. The first-order valence-electron chi connectivity index (χ1n) is 5.98. The lowest BCUT2D eigenvalue weighted by Crippen LogP contribution is -2.25. The molecule has 2 unspecified atom stereocenters. The smallest absolute Gasteiger partial charge is 0.0997 e. The normalized spacial score (nSPS) is 30.5. The van der Waals surface area contributed by atoms with Crippen LogP contribution in [0.25, 0.3) is 0 Å². The average molecular weight is 206 g/mol. The van der Waals surface area contributed by atoms with E-state index >= 15 is 0 Å². The summed E-state index contributed by atoms with van der Waals surface area (Å²) < 4.78 is 2.21. The molecule has 82 valence electrons. The molecule has 1 aromatic heterocycles. The number of nitrogens with one attached hydrogen (secondary N) is 1. The van der Waals surface area contributed by atoms with Gasteiger partial charge in [-0.3, -0.25) is 0 Å². The Morgan fingerprint density at radius 1 is 1.40 bits per heavy atom. The largest absolute Gasteiger partial charge is 0.311 e. The third-order valence-corrected chi connectivity index (χ3v) is 3.72. The highest BCUT2D eigenvalue weighted by molar-refractivity contribution is 5.14. The van der Waals surface area contributed by atoms with Crippen molar-refractivity contribution < 1.29 is 0 Å². The first-order valence-corrected chi connectivity index (χ1v) is 5.98. The van der Waals surface area contributed by atoms with Crippen LogP contribution in [-0.2, 0) is 13.0 Å². The van der Waals surface area contributed by atoms with E-state index in [-0.39, 0.29) is 0 Å². The zero-order valence-electron chi connectivity index (χ0n) is 9.24. The predicted octanol–water partition coefficient (Wildman–Crippen LogP) is 1.28. The molecule has 1 N–H and O–H groups in total. The van der Waals surface area contributed by atoms with E-state index in [9.17, 15) is 0 Å². The van der Waals surface area contributed by atoms with E-state index in [2.05, 4.69) is 27.2 Å². The van der Waals surface area contributed by atoms with Crippen molar-refractivity contribution in [1.82, 2.24) is 20.3 Å². The summed E-state index contributed by atoms with van der Waals surface area (Å²) >= 11 is 0. The van der Waals surface area contributed by atoms with Crippen molar-refractivity contribution in [3.63, 3.8) is 0 Å². The van der Waals surface area contributed by atoms with Crippen molar-refractivity contribution in [3.05, 3.63) is 11.4 Å². The molecule has 1 saturated carbocycles. The van der Waals surface area contributed by atoms with Crippen LogP contribution in [0, 0.1) is 5.92 Å². The molecule has 0 spiro atoms. The SMILES string of the molecule is CC1CCC(n2nnc3c2CCNC3)C1. The molecule has 2 atom stereocenters. The van der Waals surface area contributed by atoms with Gasteiger partial charge in [-0.2, -0.15) is 0 Å². The van der Waals surface area contributed by atoms with Crippen molar-refractivity contribution in [2.45, 2.75) is 45.2 Å². The lowest BCUT2D eigenvalue weighted by molar-refractivity contribution is 0.421. The Morgan fingerprint density at radius 2 is 2.33 bits per heavy atom. The minimum atomic E-state index is 0.620. The standard InChI is InChI=1S/C11H18N4/c1-8-2-3-9(6-8)15-11-4-5-12-7-10(11)13-14-15/h8-9,12H,2-7H2,1H3. The number of fused-ring (bicyclic) bond motifs is 1. The summed E-state index contributed by atoms with van der Waals surface area (Å²) in [6.07, 6.45) is 5.00. The van der Waals surface area contributed by atoms with Crippen LogP contribution in [0.5, 0.6) is 0 Å². The van der Waals surface area contributed by atoms with Crippen molar-refractivity contribution >= 4 is 0 Å². The molecule has 1 aliphatic carbocycles. The molecule has 0 saturated heterocycles. The average Bonchev–Trinajstić information content (AvgIpc) is 2.83. The molecule has 0 amide bonds. The van der Waals surface area contributed by atoms with E-state index in [1.807, 2.05) is 0 Å². The highest BCUT2D eigenvalue weighted by Crippen LogP contribution is 2.34. The van der Waals surface area contributed by atoms with Gasteiger partial charge in [-0.15, -0.1) is 5.10 Å². The van der Waals surface area contributed by atoms with Crippen molar-refractivity contribution in [2.75, 3.05) is 6.54 Å². The number of aromatic nitrogens is 3. The maximum absolute atomic E-state index is 4.34. The van der Waals surface area contributed by atoms with Gasteiger partial charge in [-0.1, -0.05) is 12.1 Å². The first kappa shape index (κ1) is 9.33. The number of hydrogen-bond acceptors (Lipinski definition) is 3. The van der Waals surface area contributed by atoms with Crippen LogP contribution in [0.4, 0.5) is 0 Å². The van der Waals surface area contributed by atoms with Crippen LogP contribution in [0.15, 0.2) is 0 Å². The van der Waals surface area contributed by atoms with E-state index < -0.39 is 0 Å². The van der Waals surface area contributed by atoms with E-state index in [1.54, 1.807) is 0 Å². The molecule has 0 radical (unpaired) electrons. The van der Waals surface area contributed by atoms with Crippen molar-refractivity contribution in [1.29, 1.82) is 0 Å². The third-order valence-electron chi connectivity index (χ3n) is 3.72. The molecular formula is C11H18N4. The molecule has 0 bridgehead atoms. The van der Waals surface area contributed by atoms with Gasteiger partial charge >= 0.3 is 0 Å². The number of nitrogens with zero attached hydrogens (tertiary/aromatic N) is 3. The highest BCUT2D eigenvalue weighted by atomic mass is 15.4. The van der Waals surface area contributed by atoms with Gasteiger partial charge < -0.3 is 5.32 Å². The summed E-state index contributed by atoms with van der Waals surface area (Å²) in [7, 11) is 0. The minimum absolute atomic E-state index is 0.620. The fourth-order valence-electron chi connectivity index (χ4n) is 2.85. The minimum Gasteiger partial charge on any atom is -0.311 e. The first-order chi connectivity index (χ1) is 7.34. The quantitative estimate of drug-likeness (QED) is 0.752. The Hall–Kier alpha value is -0.900. The van der Waals surface area contributed by atoms with E-state index in [0.29, 0.717) is 6.04 Å². The summed E-state index contributed by atoms with van der Waals surface area (Å²) in [4.78, 5) is 0. The molecule has 1 fully saturated rings. The zero-order valence-corrected chi connectivity index (χ0v) is 9.24. The van der Waals surface area contributed by atoms with Crippen LogP contribution in [-0.4, -0.2) is 21.5 Å². The van der Waals surface area contributed by atoms with Gasteiger partial charge in [0, 0.05) is 19.5 Å². The predicted molar refractivity (Wildman–Crippen MR) is 57.5 cm³/mol. The van der Waals surface area contributed by atoms with Gasteiger partial charge in [-0.05, 0) is 25.2 Å². The third kappa shape index (κ3) is 1.57. The Kier molecular flexibility index (Phi) is 2.24. The van der Waals surface area contributed by atoms with E-state index in [4.69, 9.17) is 0 Å². The Bertz CT molecular complexity index is 357. The molecule has 2 aliphatic rings. The maximum Gasteiger partial charge on any atom is 0.0997 e. The lowest BCUT2D eigenvalue weighted by atomic mass is 10.1. The van der Waals surface area contributed by atoms with Gasteiger partial charge in [0.2, 0.25) is 0 Å². The molecule has 0 aromatic carbocycles. The molecule has 1 aliphatic heterocycles. The highest BCUT2D eigenvalue weighted by Gasteiger charge is 2.27. The Morgan fingerprint density at radius 3 is 3.13 bits per heavy atom. The fraction of sp³-hybridized carbons (Fsp3) is 0.818. The second kappa shape index (κ2) is 3.59. The monoisotopic (exact) mass is 206 g/mol. The molecule has 1 aromatic rings. The molecule has 4 heteroatoms. The van der Waals surface area contributed by atoms with Crippen LogP contribution in [0.3, 0.4) is 0 Å².